The molecule has 0 heterocycles. The molecule has 3 nitrogen and oxygen atoms in total. The third-order valence-corrected chi connectivity index (χ3v) is 0.276. The Hall–Kier alpha value is 1.41. The molecule has 0 fully saturated rings. The van der Waals surface area contributed by atoms with Crippen LogP contribution in [0, 0.1) is 0 Å². The van der Waals surface area contributed by atoms with Crippen LogP contribution in [0.25, 0.3) is 0 Å². The number of hydrogen-bond donors (Lipinski definition) is 1. The number of rotatable bonds is 1. The molecule has 0 bridgehead atoms. The SMILES string of the molecule is O=S(=O)(F)NF.[KH]. The molecule has 0 saturated heterocycles. The molecule has 0 atom stereocenters. The van der Waals surface area contributed by atoms with Gasteiger partial charge in [0.25, 0.3) is 0 Å². The van der Waals surface area contributed by atoms with E-state index >= 15 is 0 Å². The first-order chi connectivity index (χ1) is 2.56. The van der Waals surface area contributed by atoms with E-state index in [9.17, 15) is 8.37 Å². The molecule has 0 spiro atoms. The summed E-state index contributed by atoms with van der Waals surface area (Å²) in [6, 6.07) is 0. The minimum atomic E-state index is -5.08. The van der Waals surface area contributed by atoms with Gasteiger partial charge in [-0.25, -0.2) is 0 Å². The van der Waals surface area contributed by atoms with Crippen LogP contribution < -0.4 is 4.94 Å². The van der Waals surface area contributed by atoms with Crippen LogP contribution in [0.1, 0.15) is 0 Å². The number of hydrogen-bond acceptors (Lipinski definition) is 2. The van der Waals surface area contributed by atoms with E-state index < -0.39 is 10.4 Å². The van der Waals surface area contributed by atoms with Crippen LogP contribution >= 0.6 is 0 Å². The van der Waals surface area contributed by atoms with E-state index in [0.717, 1.165) is 0 Å². The van der Waals surface area contributed by atoms with Crippen molar-refractivity contribution in [1.29, 1.82) is 0 Å². The Morgan fingerprint density at radius 1 is 1.43 bits per heavy atom. The molecule has 0 amide bonds. The van der Waals surface area contributed by atoms with Crippen molar-refractivity contribution in [2.24, 2.45) is 0 Å². The summed E-state index contributed by atoms with van der Waals surface area (Å²) in [6.07, 6.45) is 0. The maximum absolute atomic E-state index is 10.6. The van der Waals surface area contributed by atoms with E-state index in [2.05, 4.69) is 0 Å². The van der Waals surface area contributed by atoms with Gasteiger partial charge in [0.15, 0.2) is 0 Å². The molecule has 0 aromatic rings. The number of halogens is 2. The van der Waals surface area contributed by atoms with Gasteiger partial charge in [0.1, 0.15) is 0 Å². The Balaban J connectivity index is 0. The Labute approximate surface area is 82.2 Å². The van der Waals surface area contributed by atoms with Crippen molar-refractivity contribution >= 4 is 61.8 Å². The van der Waals surface area contributed by atoms with Crippen LogP contribution in [0.2, 0.25) is 0 Å². The van der Waals surface area contributed by atoms with E-state index in [-0.39, 0.29) is 56.3 Å². The number of nitrogens with one attached hydrogen (secondary N) is 1. The Morgan fingerprint density at radius 3 is 1.57 bits per heavy atom. The quantitative estimate of drug-likeness (QED) is 0.302. The van der Waals surface area contributed by atoms with E-state index in [1.807, 2.05) is 0 Å². The summed E-state index contributed by atoms with van der Waals surface area (Å²) in [4.78, 5) is -0.0903. The predicted octanol–water partition coefficient (Wildman–Crippen LogP) is -0.974. The van der Waals surface area contributed by atoms with Crippen molar-refractivity contribution < 1.29 is 16.8 Å². The molecule has 0 radical (unpaired) electrons. The van der Waals surface area contributed by atoms with Crippen molar-refractivity contribution in [2.45, 2.75) is 0 Å². The van der Waals surface area contributed by atoms with Crippen LogP contribution in [0.15, 0.2) is 0 Å². The predicted molar refractivity (Wildman–Crippen MR) is 21.4 cm³/mol. The standard InChI is InChI=1S/F2HNO2S.K.H/c1-3-6(2,4)5;;/h3H;;. The zero-order chi connectivity index (χ0) is 5.21. The van der Waals surface area contributed by atoms with Crippen molar-refractivity contribution in [1.82, 2.24) is 4.94 Å². The molecule has 0 unspecified atom stereocenters. The summed E-state index contributed by atoms with van der Waals surface area (Å²) in [7, 11) is -5.08. The molecule has 0 aromatic heterocycles. The molecular formula is H2F2KNO2S. The average molecular weight is 157 g/mol. The first-order valence-electron chi connectivity index (χ1n) is 0.881. The van der Waals surface area contributed by atoms with Gasteiger partial charge in [-0.15, -0.1) is 4.48 Å². The van der Waals surface area contributed by atoms with E-state index in [0.29, 0.717) is 0 Å². The fourth-order valence-corrected chi connectivity index (χ4v) is 0. The molecule has 40 valence electrons. The second-order valence-electron chi connectivity index (χ2n) is 0.515. The minimum absolute atomic E-state index is 0. The molecular weight excluding hydrogens is 155 g/mol. The Kier molecular flexibility index (Phi) is 6.90. The molecule has 7 heavy (non-hydrogen) atoms. The molecule has 0 rings (SSSR count). The summed E-state index contributed by atoms with van der Waals surface area (Å²) < 4.78 is 38.6. The van der Waals surface area contributed by atoms with Crippen molar-refractivity contribution in [3.8, 4) is 0 Å². The van der Waals surface area contributed by atoms with Gasteiger partial charge in [-0.3, -0.25) is 0 Å². The summed E-state index contributed by atoms with van der Waals surface area (Å²) in [6.45, 7) is 0. The van der Waals surface area contributed by atoms with E-state index in [1.54, 1.807) is 0 Å². The van der Waals surface area contributed by atoms with E-state index in [4.69, 9.17) is 8.42 Å². The molecule has 0 aliphatic rings. The first-order valence-corrected chi connectivity index (χ1v) is 2.26. The molecule has 7 heteroatoms. The van der Waals surface area contributed by atoms with Crippen molar-refractivity contribution in [3.63, 3.8) is 0 Å². The Morgan fingerprint density at radius 2 is 1.57 bits per heavy atom. The zero-order valence-corrected chi connectivity index (χ0v) is 3.30. The van der Waals surface area contributed by atoms with Crippen LogP contribution in [-0.2, 0) is 10.4 Å². The molecule has 0 aromatic carbocycles. The van der Waals surface area contributed by atoms with Gasteiger partial charge in [-0.2, -0.15) is 8.42 Å². The second kappa shape index (κ2) is 4.30. The maximum atomic E-state index is 10.6. The summed E-state index contributed by atoms with van der Waals surface area (Å²) >= 11 is 0. The summed E-state index contributed by atoms with van der Waals surface area (Å²) in [5.74, 6) is 0. The molecule has 0 saturated carbocycles. The van der Waals surface area contributed by atoms with Crippen LogP contribution in [0.5, 0.6) is 0 Å². The third kappa shape index (κ3) is 11.1. The van der Waals surface area contributed by atoms with Crippen LogP contribution in [-0.4, -0.2) is 59.8 Å². The topological polar surface area (TPSA) is 46.2 Å². The Bertz CT molecular complexity index is 118. The van der Waals surface area contributed by atoms with Gasteiger partial charge in [-0.05, 0) is 4.94 Å². The monoisotopic (exact) mass is 157 g/mol. The van der Waals surface area contributed by atoms with Crippen molar-refractivity contribution in [3.05, 3.63) is 0 Å². The molecule has 1 N–H and O–H groups in total. The average Bonchev–Trinajstić information content (AvgIpc) is 1.35. The van der Waals surface area contributed by atoms with Gasteiger partial charge >= 0.3 is 61.8 Å². The molecule has 0 aliphatic heterocycles. The van der Waals surface area contributed by atoms with Gasteiger partial charge in [0, 0.05) is 0 Å². The summed E-state index contributed by atoms with van der Waals surface area (Å²) in [5, 5.41) is 0. The van der Waals surface area contributed by atoms with Gasteiger partial charge < -0.3 is 0 Å². The zero-order valence-electron chi connectivity index (χ0n) is 2.48. The van der Waals surface area contributed by atoms with Gasteiger partial charge in [0.2, 0.25) is 0 Å². The van der Waals surface area contributed by atoms with Gasteiger partial charge in [-0.1, -0.05) is 3.89 Å². The van der Waals surface area contributed by atoms with Crippen molar-refractivity contribution in [2.75, 3.05) is 0 Å². The van der Waals surface area contributed by atoms with E-state index in [1.165, 1.54) is 0 Å². The van der Waals surface area contributed by atoms with Crippen LogP contribution in [0.4, 0.5) is 8.37 Å². The van der Waals surface area contributed by atoms with Gasteiger partial charge in [0.05, 0.1) is 0 Å². The normalized spacial score (nSPS) is 10.0. The third-order valence-electron chi connectivity index (χ3n) is 0.0922. The fraction of sp³-hybridized carbons (Fsp3) is 0. The fourth-order valence-electron chi connectivity index (χ4n) is 0. The van der Waals surface area contributed by atoms with Crippen LogP contribution in [0.3, 0.4) is 0 Å². The molecule has 0 aliphatic carbocycles. The first kappa shape index (κ1) is 11.2. The summed E-state index contributed by atoms with van der Waals surface area (Å²) in [5.41, 5.74) is 0. The second-order valence-corrected chi connectivity index (χ2v) is 1.54.